The van der Waals surface area contributed by atoms with E-state index in [-0.39, 0.29) is 5.56 Å². The zero-order valence-electron chi connectivity index (χ0n) is 13.7. The van der Waals surface area contributed by atoms with Gasteiger partial charge in [0.05, 0.1) is 11.8 Å². The van der Waals surface area contributed by atoms with Crippen molar-refractivity contribution < 1.29 is 23.5 Å². The van der Waals surface area contributed by atoms with Crippen molar-refractivity contribution in [3.8, 4) is 0 Å². The first-order valence-corrected chi connectivity index (χ1v) is 8.74. The van der Waals surface area contributed by atoms with Gasteiger partial charge in [0.2, 0.25) is 0 Å². The van der Waals surface area contributed by atoms with E-state index in [1.165, 1.54) is 23.7 Å². The molecule has 25 heavy (non-hydrogen) atoms. The minimum absolute atomic E-state index is 0.275. The van der Waals surface area contributed by atoms with E-state index in [0.29, 0.717) is 16.3 Å². The number of anilines is 1. The van der Waals surface area contributed by atoms with Crippen LogP contribution in [0.25, 0.3) is 0 Å². The van der Waals surface area contributed by atoms with E-state index in [9.17, 15) is 14.4 Å². The molecule has 0 aromatic carbocycles. The first-order chi connectivity index (χ1) is 12.0. The number of nitrogens with two attached hydrogens (primary N) is 1. The second-order valence-electron chi connectivity index (χ2n) is 5.79. The van der Waals surface area contributed by atoms with Crippen LogP contribution >= 0.6 is 11.3 Å². The number of fused-ring (bicyclic) bond motifs is 1. The van der Waals surface area contributed by atoms with Crippen molar-refractivity contribution in [1.82, 2.24) is 0 Å². The summed E-state index contributed by atoms with van der Waals surface area (Å²) in [6.07, 6.45) is 5.10. The molecule has 0 saturated carbocycles. The average molecular weight is 362 g/mol. The van der Waals surface area contributed by atoms with Gasteiger partial charge >= 0.3 is 5.97 Å². The summed E-state index contributed by atoms with van der Waals surface area (Å²) >= 11 is 1.36. The molecule has 2 aromatic heterocycles. The summed E-state index contributed by atoms with van der Waals surface area (Å²) in [5.41, 5.74) is 7.07. The number of aryl methyl sites for hydroxylation is 2. The summed E-state index contributed by atoms with van der Waals surface area (Å²) in [5.74, 6) is -1.29. The van der Waals surface area contributed by atoms with Crippen LogP contribution in [0.4, 0.5) is 5.00 Å². The molecule has 0 fully saturated rings. The second kappa shape index (κ2) is 7.10. The molecule has 0 spiro atoms. The number of carbonyl (C=O) groups excluding carboxylic acids is 3. The minimum atomic E-state index is -0.637. The van der Waals surface area contributed by atoms with E-state index in [0.717, 1.165) is 36.1 Å². The summed E-state index contributed by atoms with van der Waals surface area (Å²) < 4.78 is 10.0. The lowest BCUT2D eigenvalue weighted by molar-refractivity contribution is -0.119. The predicted octanol–water partition coefficient (Wildman–Crippen LogP) is 2.42. The molecule has 8 heteroatoms. The maximum atomic E-state index is 12.1. The van der Waals surface area contributed by atoms with Crippen LogP contribution in [0.2, 0.25) is 0 Å². The Balaban J connectivity index is 1.67. The van der Waals surface area contributed by atoms with Crippen LogP contribution in [0, 0.1) is 6.92 Å². The van der Waals surface area contributed by atoms with Gasteiger partial charge in [0.15, 0.2) is 6.61 Å². The Hall–Kier alpha value is -2.61. The molecule has 7 nitrogen and oxygen atoms in total. The molecule has 3 rings (SSSR count). The van der Waals surface area contributed by atoms with Crippen molar-refractivity contribution in [3.63, 3.8) is 0 Å². The van der Waals surface area contributed by atoms with Crippen LogP contribution in [0.5, 0.6) is 0 Å². The van der Waals surface area contributed by atoms with Gasteiger partial charge in [-0.25, -0.2) is 4.79 Å². The van der Waals surface area contributed by atoms with E-state index < -0.39 is 24.4 Å². The Morgan fingerprint density at radius 1 is 1.32 bits per heavy atom. The van der Waals surface area contributed by atoms with Crippen molar-refractivity contribution in [2.24, 2.45) is 5.73 Å². The third-order valence-corrected chi connectivity index (χ3v) is 5.29. The lowest BCUT2D eigenvalue weighted by Crippen LogP contribution is -2.23. The van der Waals surface area contributed by atoms with Crippen LogP contribution in [-0.4, -0.2) is 24.4 Å². The highest BCUT2D eigenvalue weighted by molar-refractivity contribution is 7.17. The second-order valence-corrected chi connectivity index (χ2v) is 6.90. The molecule has 1 aliphatic carbocycles. The number of furan rings is 1. The fraction of sp³-hybridized carbons (Fsp3) is 0.353. The van der Waals surface area contributed by atoms with Crippen molar-refractivity contribution in [2.45, 2.75) is 32.6 Å². The number of hydrogen-bond donors (Lipinski definition) is 2. The molecule has 0 bridgehead atoms. The Kier molecular flexibility index (Phi) is 4.89. The van der Waals surface area contributed by atoms with Gasteiger partial charge in [0.25, 0.3) is 11.8 Å². The number of amides is 2. The highest BCUT2D eigenvalue weighted by atomic mass is 32.1. The topological polar surface area (TPSA) is 112 Å². The molecular formula is C17H18N2O5S. The Bertz CT molecular complexity index is 836. The smallest absolute Gasteiger partial charge is 0.342 e. The summed E-state index contributed by atoms with van der Waals surface area (Å²) in [4.78, 5) is 36.8. The summed E-state index contributed by atoms with van der Waals surface area (Å²) in [6, 6.07) is 1.48. The summed E-state index contributed by atoms with van der Waals surface area (Å²) in [7, 11) is 0. The number of thiophene rings is 1. The van der Waals surface area contributed by atoms with Gasteiger partial charge in [-0.2, -0.15) is 0 Å². The van der Waals surface area contributed by atoms with Crippen LogP contribution in [0.1, 0.15) is 49.8 Å². The fourth-order valence-corrected chi connectivity index (χ4v) is 4.19. The van der Waals surface area contributed by atoms with Gasteiger partial charge in [-0.1, -0.05) is 0 Å². The van der Waals surface area contributed by atoms with Crippen LogP contribution < -0.4 is 11.1 Å². The zero-order valence-corrected chi connectivity index (χ0v) is 14.5. The zero-order chi connectivity index (χ0) is 18.0. The van der Waals surface area contributed by atoms with Crippen LogP contribution in [-0.2, 0) is 22.4 Å². The number of rotatable bonds is 5. The Morgan fingerprint density at radius 3 is 2.76 bits per heavy atom. The van der Waals surface area contributed by atoms with E-state index in [4.69, 9.17) is 14.9 Å². The molecule has 2 amide bonds. The summed E-state index contributed by atoms with van der Waals surface area (Å²) in [6.45, 7) is 1.18. The Labute approximate surface area is 148 Å². The van der Waals surface area contributed by atoms with Gasteiger partial charge < -0.3 is 20.2 Å². The van der Waals surface area contributed by atoms with E-state index in [1.807, 2.05) is 0 Å². The molecule has 132 valence electrons. The molecule has 0 radical (unpaired) electrons. The monoisotopic (exact) mass is 362 g/mol. The van der Waals surface area contributed by atoms with Gasteiger partial charge in [0.1, 0.15) is 16.3 Å². The number of nitrogens with one attached hydrogen (secondary N) is 1. The van der Waals surface area contributed by atoms with Gasteiger partial charge in [-0.05, 0) is 44.2 Å². The van der Waals surface area contributed by atoms with Crippen LogP contribution in [0.3, 0.4) is 0 Å². The van der Waals surface area contributed by atoms with E-state index in [1.54, 1.807) is 6.92 Å². The number of hydrogen-bond acceptors (Lipinski definition) is 6. The number of primary amides is 1. The van der Waals surface area contributed by atoms with Crippen molar-refractivity contribution in [3.05, 3.63) is 39.7 Å². The van der Waals surface area contributed by atoms with E-state index >= 15 is 0 Å². The molecule has 2 heterocycles. The molecule has 0 saturated heterocycles. The minimum Gasteiger partial charge on any atom is -0.469 e. The van der Waals surface area contributed by atoms with Crippen molar-refractivity contribution in [2.75, 3.05) is 11.9 Å². The van der Waals surface area contributed by atoms with Gasteiger partial charge in [-0.15, -0.1) is 11.3 Å². The maximum absolute atomic E-state index is 12.1. The molecule has 3 N–H and O–H groups in total. The van der Waals surface area contributed by atoms with E-state index in [2.05, 4.69) is 5.32 Å². The molecule has 0 unspecified atom stereocenters. The highest BCUT2D eigenvalue weighted by Gasteiger charge is 2.25. The lowest BCUT2D eigenvalue weighted by atomic mass is 9.95. The molecule has 0 atom stereocenters. The van der Waals surface area contributed by atoms with Crippen molar-refractivity contribution >= 4 is 34.1 Å². The van der Waals surface area contributed by atoms with Gasteiger partial charge in [-0.3, -0.25) is 9.59 Å². The first-order valence-electron chi connectivity index (χ1n) is 7.92. The lowest BCUT2D eigenvalue weighted by Gasteiger charge is -2.11. The van der Waals surface area contributed by atoms with Crippen molar-refractivity contribution in [1.29, 1.82) is 0 Å². The third-order valence-electron chi connectivity index (χ3n) is 4.08. The third kappa shape index (κ3) is 3.58. The Morgan fingerprint density at radius 2 is 2.08 bits per heavy atom. The number of carbonyl (C=O) groups is 3. The first kappa shape index (κ1) is 17.2. The molecule has 1 aliphatic rings. The standard InChI is InChI=1S/C17H18N2O5S/c1-9-10(6-7-23-9)17(22)24-8-13(20)19-16-14(15(18)21)11-4-2-3-5-12(11)25-16/h6-7H,2-5,8H2,1H3,(H2,18,21)(H,19,20). The fourth-order valence-electron chi connectivity index (χ4n) is 2.88. The number of ether oxygens (including phenoxy) is 1. The SMILES string of the molecule is Cc1occc1C(=O)OCC(=O)Nc1sc2c(c1C(N)=O)CCCC2. The normalized spacial score (nSPS) is 13.2. The molecule has 0 aliphatic heterocycles. The van der Waals surface area contributed by atoms with Gasteiger partial charge in [0, 0.05) is 4.88 Å². The molecule has 2 aromatic rings. The maximum Gasteiger partial charge on any atom is 0.342 e. The summed E-state index contributed by atoms with van der Waals surface area (Å²) in [5, 5.41) is 3.07. The highest BCUT2D eigenvalue weighted by Crippen LogP contribution is 2.37. The number of esters is 1. The molecular weight excluding hydrogens is 344 g/mol. The quantitative estimate of drug-likeness (QED) is 0.794. The van der Waals surface area contributed by atoms with Crippen LogP contribution in [0.15, 0.2) is 16.7 Å². The largest absolute Gasteiger partial charge is 0.469 e. The predicted molar refractivity (Wildman–Crippen MR) is 91.8 cm³/mol. The average Bonchev–Trinajstić information content (AvgIpc) is 3.15.